The summed E-state index contributed by atoms with van der Waals surface area (Å²) in [6.45, 7) is 2.04. The van der Waals surface area contributed by atoms with Crippen LogP contribution < -0.4 is 4.90 Å². The van der Waals surface area contributed by atoms with Crippen LogP contribution in [0.25, 0.3) is 0 Å². The van der Waals surface area contributed by atoms with Crippen LogP contribution in [-0.2, 0) is 0 Å². The van der Waals surface area contributed by atoms with Crippen LogP contribution in [-0.4, -0.2) is 5.33 Å². The van der Waals surface area contributed by atoms with Gasteiger partial charge in [-0.15, -0.1) is 0 Å². The Morgan fingerprint density at radius 2 is 0.818 bits per heavy atom. The van der Waals surface area contributed by atoms with E-state index in [0.717, 1.165) is 5.33 Å². The number of nitrogens with zero attached hydrogens (tertiary/aromatic N) is 1. The molecule has 0 aromatic heterocycles. The molecule has 3 aromatic rings. The van der Waals surface area contributed by atoms with Gasteiger partial charge in [-0.05, 0) is 36.4 Å². The standard InChI is InChI=1S/C18H15N.C2H5Br/c1-4-10-16(11-5-1)19(17-12-6-2-7-13-17)18-14-8-3-9-15-18;1-2-3/h1-15H;2H2,1H3. The zero-order valence-corrected chi connectivity index (χ0v) is 14.3. The summed E-state index contributed by atoms with van der Waals surface area (Å²) in [5.74, 6) is 0. The average molecular weight is 354 g/mol. The molecule has 2 heteroatoms. The molecule has 0 saturated carbocycles. The predicted molar refractivity (Wildman–Crippen MR) is 101 cm³/mol. The lowest BCUT2D eigenvalue weighted by atomic mass is 10.2. The molecule has 0 N–H and O–H groups in total. The Labute approximate surface area is 141 Å². The lowest BCUT2D eigenvalue weighted by Crippen LogP contribution is -2.09. The third-order valence-corrected chi connectivity index (χ3v) is 3.04. The maximum absolute atomic E-state index is 3.15. The van der Waals surface area contributed by atoms with Crippen molar-refractivity contribution in [1.29, 1.82) is 0 Å². The Morgan fingerprint density at radius 1 is 0.591 bits per heavy atom. The summed E-state index contributed by atoms with van der Waals surface area (Å²) >= 11 is 3.15. The summed E-state index contributed by atoms with van der Waals surface area (Å²) in [5.41, 5.74) is 3.50. The monoisotopic (exact) mass is 353 g/mol. The third kappa shape index (κ3) is 4.47. The van der Waals surface area contributed by atoms with E-state index in [4.69, 9.17) is 0 Å². The van der Waals surface area contributed by atoms with Crippen molar-refractivity contribution in [2.24, 2.45) is 0 Å². The molecule has 0 aliphatic rings. The van der Waals surface area contributed by atoms with E-state index in [1.807, 2.05) is 25.1 Å². The van der Waals surface area contributed by atoms with Crippen molar-refractivity contribution in [3.05, 3.63) is 91.0 Å². The topological polar surface area (TPSA) is 3.24 Å². The van der Waals surface area contributed by atoms with E-state index in [1.54, 1.807) is 0 Å². The number of rotatable bonds is 3. The minimum atomic E-state index is 1.06. The molecular formula is C20H20BrN. The third-order valence-electron chi connectivity index (χ3n) is 3.04. The SMILES string of the molecule is CCBr.c1ccc(N(c2ccccc2)c2ccccc2)cc1. The first kappa shape index (κ1) is 16.3. The summed E-state index contributed by atoms with van der Waals surface area (Å²) in [6, 6.07) is 31.3. The van der Waals surface area contributed by atoms with Crippen molar-refractivity contribution >= 4 is 33.0 Å². The van der Waals surface area contributed by atoms with Crippen LogP contribution in [0.4, 0.5) is 17.1 Å². The van der Waals surface area contributed by atoms with Gasteiger partial charge in [0.2, 0.25) is 0 Å². The molecule has 3 aromatic carbocycles. The second kappa shape index (κ2) is 9.06. The van der Waals surface area contributed by atoms with Gasteiger partial charge in [0.25, 0.3) is 0 Å². The highest BCUT2D eigenvalue weighted by Gasteiger charge is 2.10. The molecule has 0 heterocycles. The van der Waals surface area contributed by atoms with Gasteiger partial charge in [0.1, 0.15) is 0 Å². The number of halogens is 1. The number of alkyl halides is 1. The van der Waals surface area contributed by atoms with Crippen molar-refractivity contribution in [2.75, 3.05) is 10.2 Å². The lowest BCUT2D eigenvalue weighted by molar-refractivity contribution is 1.28. The predicted octanol–water partition coefficient (Wildman–Crippen LogP) is 6.56. The molecule has 0 radical (unpaired) electrons. The van der Waals surface area contributed by atoms with Crippen LogP contribution in [0.5, 0.6) is 0 Å². The largest absolute Gasteiger partial charge is 0.311 e. The van der Waals surface area contributed by atoms with Gasteiger partial charge in [-0.3, -0.25) is 0 Å². The van der Waals surface area contributed by atoms with Crippen LogP contribution in [0.15, 0.2) is 91.0 Å². The quantitative estimate of drug-likeness (QED) is 0.482. The van der Waals surface area contributed by atoms with Gasteiger partial charge in [-0.2, -0.15) is 0 Å². The van der Waals surface area contributed by atoms with Crippen LogP contribution in [0, 0.1) is 0 Å². The summed E-state index contributed by atoms with van der Waals surface area (Å²) in [7, 11) is 0. The number of hydrogen-bond donors (Lipinski definition) is 0. The second-order valence-corrected chi connectivity index (χ2v) is 5.73. The lowest BCUT2D eigenvalue weighted by Gasteiger charge is -2.25. The van der Waals surface area contributed by atoms with Crippen molar-refractivity contribution in [3.8, 4) is 0 Å². The fraction of sp³-hybridized carbons (Fsp3) is 0.100. The van der Waals surface area contributed by atoms with E-state index in [0.29, 0.717) is 0 Å². The molecule has 0 fully saturated rings. The fourth-order valence-electron chi connectivity index (χ4n) is 2.18. The normalized spacial score (nSPS) is 9.55. The molecule has 3 rings (SSSR count). The highest BCUT2D eigenvalue weighted by atomic mass is 79.9. The minimum Gasteiger partial charge on any atom is -0.311 e. The summed E-state index contributed by atoms with van der Waals surface area (Å²) in [6.07, 6.45) is 0. The Hall–Kier alpha value is -2.06. The van der Waals surface area contributed by atoms with Gasteiger partial charge >= 0.3 is 0 Å². The molecule has 22 heavy (non-hydrogen) atoms. The van der Waals surface area contributed by atoms with Crippen LogP contribution >= 0.6 is 15.9 Å². The van der Waals surface area contributed by atoms with Gasteiger partial charge in [0.05, 0.1) is 0 Å². The van der Waals surface area contributed by atoms with E-state index >= 15 is 0 Å². The average Bonchev–Trinajstić information content (AvgIpc) is 2.59. The number of anilines is 3. The first-order valence-corrected chi connectivity index (χ1v) is 8.50. The highest BCUT2D eigenvalue weighted by molar-refractivity contribution is 9.09. The van der Waals surface area contributed by atoms with Crippen molar-refractivity contribution in [1.82, 2.24) is 0 Å². The molecular weight excluding hydrogens is 334 g/mol. The number of benzene rings is 3. The molecule has 0 spiro atoms. The van der Waals surface area contributed by atoms with E-state index < -0.39 is 0 Å². The maximum Gasteiger partial charge on any atom is 0.0461 e. The van der Waals surface area contributed by atoms with Gasteiger partial charge in [-0.1, -0.05) is 77.5 Å². The highest BCUT2D eigenvalue weighted by Crippen LogP contribution is 2.33. The molecule has 0 aliphatic carbocycles. The minimum absolute atomic E-state index is 1.06. The van der Waals surface area contributed by atoms with Gasteiger partial charge in [0.15, 0.2) is 0 Å². The molecule has 112 valence electrons. The summed E-state index contributed by atoms with van der Waals surface area (Å²) in [4.78, 5) is 2.25. The second-order valence-electron chi connectivity index (χ2n) is 4.61. The Bertz CT molecular complexity index is 544. The molecule has 0 saturated heterocycles. The number of para-hydroxylation sites is 3. The molecule has 0 bridgehead atoms. The summed E-state index contributed by atoms with van der Waals surface area (Å²) < 4.78 is 0. The van der Waals surface area contributed by atoms with Crippen molar-refractivity contribution in [2.45, 2.75) is 6.92 Å². The molecule has 0 aliphatic heterocycles. The summed E-state index contributed by atoms with van der Waals surface area (Å²) in [5, 5.41) is 1.06. The van der Waals surface area contributed by atoms with Gasteiger partial charge in [0, 0.05) is 22.4 Å². The van der Waals surface area contributed by atoms with E-state index in [-0.39, 0.29) is 0 Å². The smallest absolute Gasteiger partial charge is 0.0461 e. The van der Waals surface area contributed by atoms with Gasteiger partial charge in [-0.25, -0.2) is 0 Å². The van der Waals surface area contributed by atoms with E-state index in [2.05, 4.69) is 93.6 Å². The zero-order valence-electron chi connectivity index (χ0n) is 12.7. The first-order valence-electron chi connectivity index (χ1n) is 7.38. The Kier molecular flexibility index (Phi) is 6.72. The fourth-order valence-corrected chi connectivity index (χ4v) is 2.18. The van der Waals surface area contributed by atoms with Crippen molar-refractivity contribution in [3.63, 3.8) is 0 Å². The van der Waals surface area contributed by atoms with E-state index in [1.165, 1.54) is 17.1 Å². The van der Waals surface area contributed by atoms with E-state index in [9.17, 15) is 0 Å². The molecule has 1 nitrogen and oxygen atoms in total. The van der Waals surface area contributed by atoms with Crippen LogP contribution in [0.2, 0.25) is 0 Å². The zero-order chi connectivity index (χ0) is 15.6. The number of hydrogen-bond acceptors (Lipinski definition) is 1. The van der Waals surface area contributed by atoms with Crippen LogP contribution in [0.3, 0.4) is 0 Å². The van der Waals surface area contributed by atoms with Gasteiger partial charge < -0.3 is 4.90 Å². The molecule has 0 atom stereocenters. The first-order chi connectivity index (χ1) is 10.9. The van der Waals surface area contributed by atoms with Crippen LogP contribution in [0.1, 0.15) is 6.92 Å². The Balaban J connectivity index is 0.000000545. The van der Waals surface area contributed by atoms with Crippen molar-refractivity contribution < 1.29 is 0 Å². The maximum atomic E-state index is 3.15. The molecule has 0 amide bonds. The Morgan fingerprint density at radius 3 is 1.05 bits per heavy atom. The molecule has 0 unspecified atom stereocenters.